The van der Waals surface area contributed by atoms with Crippen molar-refractivity contribution in [3.63, 3.8) is 0 Å². The zero-order chi connectivity index (χ0) is 31.3. The Morgan fingerprint density at radius 1 is 1.19 bits per heavy atom. The number of nitrogens with one attached hydrogen (secondary N) is 1. The maximum absolute atomic E-state index is 14.2. The second-order valence-corrected chi connectivity index (χ2v) is 13.2. The Hall–Kier alpha value is -3.45. The number of amides is 1. The normalized spacial score (nSPS) is 15.3. The topological polar surface area (TPSA) is 94.8 Å². The summed E-state index contributed by atoms with van der Waals surface area (Å²) in [6.45, 7) is 8.38. The number of fused-ring (bicyclic) bond motifs is 2. The fraction of sp³-hybridized carbons (Fsp3) is 0.400. The van der Waals surface area contributed by atoms with Crippen LogP contribution in [0.2, 0.25) is 0 Å². The first-order valence-corrected chi connectivity index (χ1v) is 15.3. The highest BCUT2D eigenvalue weighted by Gasteiger charge is 2.38. The molecule has 1 N–H and O–H groups in total. The number of anilines is 1. The molecule has 1 aliphatic carbocycles. The van der Waals surface area contributed by atoms with Crippen molar-refractivity contribution in [2.24, 2.45) is 11.3 Å². The molecular weight excluding hydrogens is 649 g/mol. The van der Waals surface area contributed by atoms with E-state index >= 15 is 0 Å². The summed E-state index contributed by atoms with van der Waals surface area (Å²) < 4.78 is 53.7. The monoisotopic (exact) mass is 678 g/mol. The number of hydrogen-bond donors (Lipinski definition) is 1. The highest BCUT2D eigenvalue weighted by Crippen LogP contribution is 2.45. The van der Waals surface area contributed by atoms with Crippen LogP contribution in [0.25, 0.3) is 16.9 Å². The fourth-order valence-corrected chi connectivity index (χ4v) is 7.07. The number of nitrogens with zero attached hydrogens (tertiary/aromatic N) is 3. The van der Waals surface area contributed by atoms with Crippen molar-refractivity contribution >= 4 is 49.8 Å². The number of alkyl halides is 3. The lowest BCUT2D eigenvalue weighted by atomic mass is 9.72. The molecule has 1 aliphatic rings. The van der Waals surface area contributed by atoms with E-state index < -0.39 is 23.7 Å². The van der Waals surface area contributed by atoms with E-state index in [1.54, 1.807) is 31.2 Å². The van der Waals surface area contributed by atoms with Gasteiger partial charge in [-0.2, -0.15) is 18.3 Å². The van der Waals surface area contributed by atoms with Crippen molar-refractivity contribution in [2.75, 3.05) is 19.0 Å². The number of rotatable bonds is 6. The average molecular weight is 680 g/mol. The van der Waals surface area contributed by atoms with Crippen LogP contribution in [0.5, 0.6) is 5.75 Å². The van der Waals surface area contributed by atoms with Gasteiger partial charge in [0.05, 0.1) is 29.4 Å². The molecule has 0 saturated heterocycles. The Kier molecular flexibility index (Phi) is 8.34. The molecule has 0 bridgehead atoms. The third-order valence-electron chi connectivity index (χ3n) is 7.62. The van der Waals surface area contributed by atoms with Crippen LogP contribution in [0, 0.1) is 11.3 Å². The number of ether oxygens (including phenoxy) is 2. The number of hydrogen-bond acceptors (Lipinski definition) is 7. The van der Waals surface area contributed by atoms with E-state index in [4.69, 9.17) is 9.47 Å². The molecule has 3 heterocycles. The first-order valence-electron chi connectivity index (χ1n) is 13.7. The van der Waals surface area contributed by atoms with E-state index in [9.17, 15) is 22.8 Å². The van der Waals surface area contributed by atoms with Crippen LogP contribution in [-0.4, -0.2) is 40.2 Å². The fourth-order valence-electron chi connectivity index (χ4n) is 5.24. The van der Waals surface area contributed by atoms with E-state index in [0.29, 0.717) is 33.7 Å². The number of thiophene rings is 1. The number of esters is 1. The van der Waals surface area contributed by atoms with Crippen molar-refractivity contribution < 1.29 is 32.2 Å². The molecule has 1 atom stereocenters. The van der Waals surface area contributed by atoms with Crippen LogP contribution in [0.15, 0.2) is 34.8 Å². The molecule has 0 radical (unpaired) electrons. The third kappa shape index (κ3) is 6.01. The number of carbonyl (C=O) groups excluding carboxylic acids is 2. The van der Waals surface area contributed by atoms with Gasteiger partial charge in [-0.3, -0.25) is 4.79 Å². The van der Waals surface area contributed by atoms with Gasteiger partial charge in [-0.25, -0.2) is 14.3 Å². The lowest BCUT2D eigenvalue weighted by Gasteiger charge is -2.33. The van der Waals surface area contributed by atoms with Gasteiger partial charge in [0.25, 0.3) is 5.91 Å². The number of halogens is 4. The first-order chi connectivity index (χ1) is 20.2. The molecule has 1 aromatic carbocycles. The van der Waals surface area contributed by atoms with Gasteiger partial charge in [0.15, 0.2) is 17.0 Å². The Morgan fingerprint density at radius 3 is 2.49 bits per heavy atom. The predicted molar refractivity (Wildman–Crippen MR) is 161 cm³/mol. The second kappa shape index (κ2) is 11.6. The van der Waals surface area contributed by atoms with Crippen LogP contribution in [-0.2, 0) is 23.8 Å². The number of carbonyl (C=O) groups is 2. The lowest BCUT2D eigenvalue weighted by molar-refractivity contribution is -0.142. The van der Waals surface area contributed by atoms with E-state index in [-0.39, 0.29) is 38.5 Å². The molecule has 0 spiro atoms. The van der Waals surface area contributed by atoms with Gasteiger partial charge in [0.2, 0.25) is 0 Å². The summed E-state index contributed by atoms with van der Waals surface area (Å²) in [5.74, 6) is -0.412. The molecule has 0 aliphatic heterocycles. The zero-order valence-corrected chi connectivity index (χ0v) is 26.6. The second-order valence-electron chi connectivity index (χ2n) is 11.3. The summed E-state index contributed by atoms with van der Waals surface area (Å²) in [5.41, 5.74) is 0.0638. The molecule has 0 saturated carbocycles. The Balaban J connectivity index is 1.56. The van der Waals surface area contributed by atoms with Crippen molar-refractivity contribution in [3.05, 3.63) is 62.2 Å². The van der Waals surface area contributed by atoms with Gasteiger partial charge in [0, 0.05) is 10.4 Å². The minimum Gasteiger partial charge on any atom is -0.497 e. The maximum Gasteiger partial charge on any atom is 0.433 e. The summed E-state index contributed by atoms with van der Waals surface area (Å²) in [7, 11) is 1.49. The number of benzene rings is 1. The standard InChI is InChI=1S/C30H30BrF3N4O4S/c1-6-42-28(40)22-18-12-9-16(29(2,3)4)13-20(18)43-27(22)36-26(39)24-23(31)25-35-19(15-7-10-17(41-5)11-8-15)14-21(30(32,33)34)38(25)37-24/h7-8,10-11,14,16H,6,9,12-13H2,1-5H3,(H,36,39)/t16-/m0/s1. The SMILES string of the molecule is CCOC(=O)c1c(NC(=O)c2nn3c(C(F)(F)F)cc(-c4ccc(OC)cc4)nc3c2Br)sc2c1CC[C@H](C(C)(C)C)C2. The quantitative estimate of drug-likeness (QED) is 0.209. The molecule has 13 heteroatoms. The van der Waals surface area contributed by atoms with Crippen LogP contribution in [0.1, 0.15) is 71.1 Å². The molecule has 8 nitrogen and oxygen atoms in total. The van der Waals surface area contributed by atoms with Gasteiger partial charge >= 0.3 is 12.1 Å². The highest BCUT2D eigenvalue weighted by molar-refractivity contribution is 9.10. The summed E-state index contributed by atoms with van der Waals surface area (Å²) in [6.07, 6.45) is -2.51. The molecule has 1 amide bonds. The zero-order valence-electron chi connectivity index (χ0n) is 24.2. The molecule has 0 fully saturated rings. The highest BCUT2D eigenvalue weighted by atomic mass is 79.9. The van der Waals surface area contributed by atoms with E-state index in [2.05, 4.69) is 52.1 Å². The van der Waals surface area contributed by atoms with Crippen molar-refractivity contribution in [3.8, 4) is 17.0 Å². The Bertz CT molecular complexity index is 1710. The molecule has 228 valence electrons. The molecule has 4 aromatic rings. The third-order valence-corrected chi connectivity index (χ3v) is 9.52. The van der Waals surface area contributed by atoms with E-state index in [0.717, 1.165) is 29.3 Å². The van der Waals surface area contributed by atoms with Crippen molar-refractivity contribution in [1.29, 1.82) is 0 Å². The van der Waals surface area contributed by atoms with E-state index in [1.807, 2.05) is 0 Å². The number of methoxy groups -OCH3 is 1. The lowest BCUT2D eigenvalue weighted by Crippen LogP contribution is -2.26. The Labute approximate surface area is 258 Å². The van der Waals surface area contributed by atoms with Crippen molar-refractivity contribution in [1.82, 2.24) is 14.6 Å². The van der Waals surface area contributed by atoms with Gasteiger partial charge in [-0.05, 0) is 89.3 Å². The number of aromatic nitrogens is 3. The largest absolute Gasteiger partial charge is 0.497 e. The summed E-state index contributed by atoms with van der Waals surface area (Å²) >= 11 is 4.57. The minimum absolute atomic E-state index is 0.0161. The summed E-state index contributed by atoms with van der Waals surface area (Å²) in [6, 6.07) is 7.30. The predicted octanol–water partition coefficient (Wildman–Crippen LogP) is 7.83. The van der Waals surface area contributed by atoms with Gasteiger partial charge in [0.1, 0.15) is 10.8 Å². The van der Waals surface area contributed by atoms with Gasteiger partial charge in [-0.1, -0.05) is 20.8 Å². The molecule has 3 aromatic heterocycles. The van der Waals surface area contributed by atoms with Crippen LogP contribution >= 0.6 is 27.3 Å². The van der Waals surface area contributed by atoms with Crippen molar-refractivity contribution in [2.45, 2.75) is 53.1 Å². The average Bonchev–Trinajstić information content (AvgIpc) is 3.48. The van der Waals surface area contributed by atoms with Crippen LogP contribution in [0.4, 0.5) is 18.2 Å². The summed E-state index contributed by atoms with van der Waals surface area (Å²) in [4.78, 5) is 32.0. The van der Waals surface area contributed by atoms with Gasteiger partial charge < -0.3 is 14.8 Å². The Morgan fingerprint density at radius 2 is 1.88 bits per heavy atom. The smallest absolute Gasteiger partial charge is 0.433 e. The van der Waals surface area contributed by atoms with Crippen LogP contribution in [0.3, 0.4) is 0 Å². The molecule has 0 unspecified atom stereocenters. The maximum atomic E-state index is 14.2. The van der Waals surface area contributed by atoms with Gasteiger partial charge in [-0.15, -0.1) is 11.3 Å². The first kappa shape index (κ1) is 31.0. The summed E-state index contributed by atoms with van der Waals surface area (Å²) in [5, 5.41) is 7.05. The molecule has 43 heavy (non-hydrogen) atoms. The van der Waals surface area contributed by atoms with E-state index in [1.165, 1.54) is 18.4 Å². The molecular formula is C30H30BrF3N4O4S. The molecule has 5 rings (SSSR count). The van der Waals surface area contributed by atoms with Crippen LogP contribution < -0.4 is 10.1 Å². The minimum atomic E-state index is -4.80.